The van der Waals surface area contributed by atoms with Gasteiger partial charge in [0.2, 0.25) is 0 Å². The van der Waals surface area contributed by atoms with Gasteiger partial charge in [-0.05, 0) is 56.9 Å². The van der Waals surface area contributed by atoms with Crippen LogP contribution in [0.3, 0.4) is 0 Å². The third kappa shape index (κ3) is 5.75. The Hall–Kier alpha value is -3.02. The van der Waals surface area contributed by atoms with Gasteiger partial charge < -0.3 is 19.2 Å². The van der Waals surface area contributed by atoms with Crippen LogP contribution in [0.1, 0.15) is 44.2 Å². The van der Waals surface area contributed by atoms with Gasteiger partial charge >= 0.3 is 0 Å². The number of benzene rings is 2. The van der Waals surface area contributed by atoms with Gasteiger partial charge in [-0.15, -0.1) is 0 Å². The Balaban J connectivity index is 1.56. The Kier molecular flexibility index (Phi) is 7.71. The highest BCUT2D eigenvalue weighted by Gasteiger charge is 2.28. The molecule has 1 aliphatic heterocycles. The monoisotopic (exact) mass is 410 g/mol. The molecule has 1 amide bonds. The second-order valence-corrected chi connectivity index (χ2v) is 7.62. The van der Waals surface area contributed by atoms with E-state index in [2.05, 4.69) is 19.0 Å². The molecule has 1 aliphatic rings. The van der Waals surface area contributed by atoms with Crippen molar-refractivity contribution in [2.45, 2.75) is 51.8 Å². The summed E-state index contributed by atoms with van der Waals surface area (Å²) < 4.78 is 11.3. The Morgan fingerprint density at radius 2 is 1.83 bits per heavy atom. The normalized spacial score (nSPS) is 19.0. The van der Waals surface area contributed by atoms with E-state index in [9.17, 15) is 4.79 Å². The number of hydrogen-bond acceptors (Lipinski definition) is 5. The zero-order valence-corrected chi connectivity index (χ0v) is 17.9. The molecule has 6 nitrogen and oxygen atoms in total. The molecule has 160 valence electrons. The summed E-state index contributed by atoms with van der Waals surface area (Å²) in [6, 6.07) is 16.0. The third-order valence-corrected chi connectivity index (χ3v) is 5.37. The van der Waals surface area contributed by atoms with Crippen molar-refractivity contribution in [3.63, 3.8) is 0 Å². The fourth-order valence-corrected chi connectivity index (χ4v) is 3.80. The van der Waals surface area contributed by atoms with E-state index in [4.69, 9.17) is 14.3 Å². The van der Waals surface area contributed by atoms with Crippen LogP contribution in [0.2, 0.25) is 0 Å². The van der Waals surface area contributed by atoms with Gasteiger partial charge in [0.1, 0.15) is 6.61 Å². The predicted molar refractivity (Wildman–Crippen MR) is 117 cm³/mol. The van der Waals surface area contributed by atoms with E-state index in [1.165, 1.54) is 0 Å². The number of piperidine rings is 1. The van der Waals surface area contributed by atoms with Gasteiger partial charge in [-0.25, -0.2) is 0 Å². The van der Waals surface area contributed by atoms with Crippen LogP contribution in [0.5, 0.6) is 11.5 Å². The lowest BCUT2D eigenvalue weighted by molar-refractivity contribution is -0.142. The number of methoxy groups -OCH3 is 1. The molecule has 0 spiro atoms. The average Bonchev–Trinajstić information content (AvgIpc) is 2.76. The highest BCUT2D eigenvalue weighted by atomic mass is 16.6. The van der Waals surface area contributed by atoms with Crippen LogP contribution in [0.25, 0.3) is 0 Å². The molecule has 2 aromatic carbocycles. The molecule has 0 saturated carbocycles. The van der Waals surface area contributed by atoms with Crippen LogP contribution in [-0.2, 0) is 16.2 Å². The molecular formula is C24H30N2O4. The quantitative estimate of drug-likeness (QED) is 0.478. The largest absolute Gasteiger partial charge is 0.493 e. The zero-order valence-electron chi connectivity index (χ0n) is 17.9. The summed E-state index contributed by atoms with van der Waals surface area (Å²) in [6.07, 6.45) is 4.82. The maximum absolute atomic E-state index is 12.5. The van der Waals surface area contributed by atoms with Crippen molar-refractivity contribution in [1.29, 1.82) is 0 Å². The summed E-state index contributed by atoms with van der Waals surface area (Å²) in [5.74, 6) is 1.25. The van der Waals surface area contributed by atoms with E-state index in [0.717, 1.165) is 30.4 Å². The number of carbonyl (C=O) groups excluding carboxylic acids is 1. The van der Waals surface area contributed by atoms with Crippen molar-refractivity contribution in [2.75, 3.05) is 13.7 Å². The van der Waals surface area contributed by atoms with E-state index < -0.39 is 0 Å². The minimum Gasteiger partial charge on any atom is -0.493 e. The highest BCUT2D eigenvalue weighted by molar-refractivity contribution is 5.81. The molecule has 0 aromatic heterocycles. The van der Waals surface area contributed by atoms with Gasteiger partial charge in [-0.2, -0.15) is 0 Å². The number of amides is 1. The van der Waals surface area contributed by atoms with E-state index in [1.54, 1.807) is 13.3 Å². The summed E-state index contributed by atoms with van der Waals surface area (Å²) in [5, 5.41) is 3.97. The van der Waals surface area contributed by atoms with Crippen molar-refractivity contribution >= 4 is 12.1 Å². The van der Waals surface area contributed by atoms with Crippen molar-refractivity contribution in [3.05, 3.63) is 59.7 Å². The molecule has 1 heterocycles. The van der Waals surface area contributed by atoms with Gasteiger partial charge in [0.25, 0.3) is 5.91 Å². The Morgan fingerprint density at radius 1 is 1.10 bits per heavy atom. The lowest BCUT2D eigenvalue weighted by atomic mass is 9.97. The molecule has 0 aliphatic carbocycles. The van der Waals surface area contributed by atoms with E-state index in [0.29, 0.717) is 18.1 Å². The van der Waals surface area contributed by atoms with Gasteiger partial charge in [0.05, 0.1) is 13.3 Å². The standard InChI is InChI=1S/C24H30N2O4/c1-18-8-7-9-19(2)26(18)24(27)17-30-25-15-21-12-13-22(28-3)23(14-21)29-16-20-10-5-4-6-11-20/h4-6,10-15,18-19H,7-9,16-17H2,1-3H3/b25-15-/t18-,19+. The summed E-state index contributed by atoms with van der Waals surface area (Å²) in [4.78, 5) is 19.7. The van der Waals surface area contributed by atoms with Crippen molar-refractivity contribution in [1.82, 2.24) is 4.90 Å². The minimum atomic E-state index is -0.0568. The number of carbonyl (C=O) groups is 1. The second kappa shape index (κ2) is 10.7. The van der Waals surface area contributed by atoms with Crippen LogP contribution < -0.4 is 9.47 Å². The van der Waals surface area contributed by atoms with Crippen molar-refractivity contribution in [2.24, 2.45) is 5.16 Å². The average molecular weight is 411 g/mol. The first-order valence-electron chi connectivity index (χ1n) is 10.4. The minimum absolute atomic E-state index is 0.0199. The fraction of sp³-hybridized carbons (Fsp3) is 0.417. The molecule has 3 rings (SSSR count). The van der Waals surface area contributed by atoms with E-state index >= 15 is 0 Å². The lowest BCUT2D eigenvalue weighted by Crippen LogP contribution is -2.48. The lowest BCUT2D eigenvalue weighted by Gasteiger charge is -2.38. The van der Waals surface area contributed by atoms with Crippen LogP contribution in [0.15, 0.2) is 53.7 Å². The zero-order chi connectivity index (χ0) is 21.3. The van der Waals surface area contributed by atoms with Gasteiger partial charge in [0, 0.05) is 17.6 Å². The van der Waals surface area contributed by atoms with Gasteiger partial charge in [0.15, 0.2) is 18.1 Å². The first-order valence-corrected chi connectivity index (χ1v) is 10.4. The third-order valence-electron chi connectivity index (χ3n) is 5.37. The topological polar surface area (TPSA) is 60.4 Å². The van der Waals surface area contributed by atoms with Crippen LogP contribution in [-0.4, -0.2) is 42.8 Å². The SMILES string of the molecule is COc1ccc(/C=N\OCC(=O)N2[C@H](C)CCC[C@@H]2C)cc1OCc1ccccc1. The maximum Gasteiger partial charge on any atom is 0.263 e. The first-order chi connectivity index (χ1) is 14.6. The molecule has 1 saturated heterocycles. The predicted octanol–water partition coefficient (Wildman–Crippen LogP) is 4.41. The van der Waals surface area contributed by atoms with E-state index in [-0.39, 0.29) is 24.6 Å². The van der Waals surface area contributed by atoms with E-state index in [1.807, 2.05) is 53.4 Å². The highest BCUT2D eigenvalue weighted by Crippen LogP contribution is 2.28. The number of ether oxygens (including phenoxy) is 2. The summed E-state index contributed by atoms with van der Waals surface area (Å²) in [7, 11) is 1.61. The smallest absolute Gasteiger partial charge is 0.263 e. The van der Waals surface area contributed by atoms with Gasteiger partial charge in [-0.1, -0.05) is 35.5 Å². The number of nitrogens with zero attached hydrogens (tertiary/aromatic N) is 2. The number of hydrogen-bond donors (Lipinski definition) is 0. The number of likely N-dealkylation sites (tertiary alicyclic amines) is 1. The number of rotatable bonds is 8. The molecule has 0 bridgehead atoms. The molecule has 1 fully saturated rings. The molecule has 6 heteroatoms. The molecule has 2 atom stereocenters. The second-order valence-electron chi connectivity index (χ2n) is 7.62. The van der Waals surface area contributed by atoms with Gasteiger partial charge in [-0.3, -0.25) is 4.79 Å². The van der Waals surface area contributed by atoms with Crippen LogP contribution in [0, 0.1) is 0 Å². The van der Waals surface area contributed by atoms with Crippen LogP contribution in [0.4, 0.5) is 0 Å². The Bertz CT molecular complexity index is 844. The summed E-state index contributed by atoms with van der Waals surface area (Å²) >= 11 is 0. The Labute approximate surface area is 178 Å². The Morgan fingerprint density at radius 3 is 2.53 bits per heavy atom. The van der Waals surface area contributed by atoms with Crippen molar-refractivity contribution in [3.8, 4) is 11.5 Å². The fourth-order valence-electron chi connectivity index (χ4n) is 3.80. The molecule has 2 aromatic rings. The maximum atomic E-state index is 12.5. The van der Waals surface area contributed by atoms with Crippen LogP contribution >= 0.6 is 0 Å². The first kappa shape index (κ1) is 21.7. The molecular weight excluding hydrogens is 380 g/mol. The summed E-state index contributed by atoms with van der Waals surface area (Å²) in [5.41, 5.74) is 1.87. The molecule has 0 N–H and O–H groups in total. The summed E-state index contributed by atoms with van der Waals surface area (Å²) in [6.45, 7) is 4.56. The number of oxime groups is 1. The molecule has 0 radical (unpaired) electrons. The van der Waals surface area contributed by atoms with Crippen molar-refractivity contribution < 1.29 is 19.1 Å². The molecule has 30 heavy (non-hydrogen) atoms. The molecule has 0 unspecified atom stereocenters.